The Morgan fingerprint density at radius 1 is 1.12 bits per heavy atom. The first-order valence-electron chi connectivity index (χ1n) is 8.00. The number of carbonyl (C=O) groups excluding carboxylic acids is 1. The molecule has 1 fully saturated rings. The summed E-state index contributed by atoms with van der Waals surface area (Å²) in [6, 6.07) is 12.4. The minimum Gasteiger partial charge on any atom is -0.497 e. The molecule has 2 aromatic rings. The number of urea groups is 1. The molecular formula is C18H20ClN3O3. The van der Waals surface area contributed by atoms with Crippen LogP contribution < -0.4 is 20.3 Å². The lowest BCUT2D eigenvalue weighted by atomic mass is 10.2. The van der Waals surface area contributed by atoms with Crippen LogP contribution in [-0.4, -0.2) is 39.4 Å². The molecule has 1 aliphatic heterocycles. The molecule has 2 aromatic carbocycles. The predicted molar refractivity (Wildman–Crippen MR) is 100 cm³/mol. The number of carbonyl (C=O) groups is 1. The van der Waals surface area contributed by atoms with Gasteiger partial charge in [0.25, 0.3) is 0 Å². The van der Waals surface area contributed by atoms with E-state index in [1.807, 2.05) is 24.3 Å². The average molecular weight is 362 g/mol. The Morgan fingerprint density at radius 2 is 1.84 bits per heavy atom. The zero-order valence-electron chi connectivity index (χ0n) is 13.9. The van der Waals surface area contributed by atoms with E-state index in [0.717, 1.165) is 24.5 Å². The van der Waals surface area contributed by atoms with Gasteiger partial charge in [-0.2, -0.15) is 0 Å². The van der Waals surface area contributed by atoms with Crippen molar-refractivity contribution in [2.75, 3.05) is 48.9 Å². The Morgan fingerprint density at radius 3 is 2.60 bits per heavy atom. The first kappa shape index (κ1) is 17.4. The number of ether oxygens (including phenoxy) is 2. The van der Waals surface area contributed by atoms with Crippen molar-refractivity contribution >= 4 is 34.7 Å². The van der Waals surface area contributed by atoms with Gasteiger partial charge in [0.15, 0.2) is 0 Å². The largest absolute Gasteiger partial charge is 0.497 e. The third-order valence-electron chi connectivity index (χ3n) is 3.93. The maximum Gasteiger partial charge on any atom is 0.323 e. The van der Waals surface area contributed by atoms with Crippen molar-refractivity contribution in [1.29, 1.82) is 0 Å². The van der Waals surface area contributed by atoms with Gasteiger partial charge in [-0.15, -0.1) is 0 Å². The Bertz CT molecular complexity index is 748. The Balaban J connectivity index is 1.73. The molecule has 7 heteroatoms. The van der Waals surface area contributed by atoms with Gasteiger partial charge in [-0.05, 0) is 24.3 Å². The van der Waals surface area contributed by atoms with Gasteiger partial charge >= 0.3 is 6.03 Å². The molecule has 0 unspecified atom stereocenters. The molecule has 0 radical (unpaired) electrons. The van der Waals surface area contributed by atoms with Crippen molar-refractivity contribution in [2.45, 2.75) is 0 Å². The van der Waals surface area contributed by atoms with Crippen molar-refractivity contribution in [3.63, 3.8) is 0 Å². The van der Waals surface area contributed by atoms with Gasteiger partial charge in [-0.3, -0.25) is 0 Å². The van der Waals surface area contributed by atoms with Crippen molar-refractivity contribution in [1.82, 2.24) is 0 Å². The molecule has 0 aliphatic carbocycles. The van der Waals surface area contributed by atoms with Crippen LogP contribution in [0.1, 0.15) is 0 Å². The third kappa shape index (κ3) is 4.35. The van der Waals surface area contributed by atoms with Crippen molar-refractivity contribution < 1.29 is 14.3 Å². The van der Waals surface area contributed by atoms with E-state index in [1.54, 1.807) is 25.3 Å². The van der Waals surface area contributed by atoms with E-state index in [2.05, 4.69) is 15.5 Å². The molecule has 132 valence electrons. The number of morpholine rings is 1. The summed E-state index contributed by atoms with van der Waals surface area (Å²) in [6.07, 6.45) is 0. The molecule has 6 nitrogen and oxygen atoms in total. The molecule has 2 amide bonds. The second-order valence-corrected chi connectivity index (χ2v) is 5.95. The number of hydrogen-bond acceptors (Lipinski definition) is 4. The summed E-state index contributed by atoms with van der Waals surface area (Å²) >= 11 is 6.13. The molecule has 0 bridgehead atoms. The maximum absolute atomic E-state index is 12.4. The van der Waals surface area contributed by atoms with Crippen LogP contribution in [0.3, 0.4) is 0 Å². The van der Waals surface area contributed by atoms with E-state index in [9.17, 15) is 4.79 Å². The first-order valence-corrected chi connectivity index (χ1v) is 8.38. The number of benzene rings is 2. The van der Waals surface area contributed by atoms with E-state index in [4.69, 9.17) is 21.1 Å². The third-order valence-corrected chi connectivity index (χ3v) is 4.26. The summed E-state index contributed by atoms with van der Waals surface area (Å²) in [6.45, 7) is 2.95. The monoisotopic (exact) mass is 361 g/mol. The molecular weight excluding hydrogens is 342 g/mol. The van der Waals surface area contributed by atoms with Gasteiger partial charge in [0.2, 0.25) is 0 Å². The number of methoxy groups -OCH3 is 1. The number of nitrogens with one attached hydrogen (secondary N) is 2. The second-order valence-electron chi connectivity index (χ2n) is 5.54. The van der Waals surface area contributed by atoms with E-state index in [1.165, 1.54) is 0 Å². The number of hydrogen-bond donors (Lipinski definition) is 2. The molecule has 0 aromatic heterocycles. The minimum absolute atomic E-state index is 0.365. The Kier molecular flexibility index (Phi) is 5.63. The minimum atomic E-state index is -0.365. The van der Waals surface area contributed by atoms with Crippen molar-refractivity contribution in [3.8, 4) is 5.75 Å². The molecule has 1 aliphatic rings. The maximum atomic E-state index is 12.4. The normalized spacial score (nSPS) is 14.1. The number of para-hydroxylation sites is 2. The van der Waals surface area contributed by atoms with E-state index >= 15 is 0 Å². The van der Waals surface area contributed by atoms with Gasteiger partial charge in [0.1, 0.15) is 5.75 Å². The summed E-state index contributed by atoms with van der Waals surface area (Å²) in [5.41, 5.74) is 2.20. The van der Waals surface area contributed by atoms with Gasteiger partial charge < -0.3 is 25.0 Å². The lowest BCUT2D eigenvalue weighted by Crippen LogP contribution is -2.37. The van der Waals surface area contributed by atoms with Crippen LogP contribution in [0.4, 0.5) is 21.9 Å². The summed E-state index contributed by atoms with van der Waals surface area (Å²) in [5.74, 6) is 0.619. The summed E-state index contributed by atoms with van der Waals surface area (Å²) in [5, 5.41) is 6.09. The molecule has 1 heterocycles. The lowest BCUT2D eigenvalue weighted by molar-refractivity contribution is 0.123. The number of halogens is 1. The smallest absolute Gasteiger partial charge is 0.323 e. The van der Waals surface area contributed by atoms with Crippen LogP contribution >= 0.6 is 11.6 Å². The fraction of sp³-hybridized carbons (Fsp3) is 0.278. The molecule has 3 rings (SSSR count). The topological polar surface area (TPSA) is 62.8 Å². The highest BCUT2D eigenvalue weighted by molar-refractivity contribution is 6.33. The molecule has 1 saturated heterocycles. The summed E-state index contributed by atoms with van der Waals surface area (Å²) in [4.78, 5) is 14.6. The fourth-order valence-corrected chi connectivity index (χ4v) is 2.83. The zero-order chi connectivity index (χ0) is 17.6. The highest BCUT2D eigenvalue weighted by atomic mass is 35.5. The standard InChI is InChI=1S/C18H20ClN3O3/c1-24-13-6-7-14(19)16(12-13)21-18(23)20-15-4-2-3-5-17(15)22-8-10-25-11-9-22/h2-7,12H,8-11H2,1H3,(H2,20,21,23). The van der Waals surface area contributed by atoms with Crippen LogP contribution in [0.15, 0.2) is 42.5 Å². The lowest BCUT2D eigenvalue weighted by Gasteiger charge is -2.30. The average Bonchev–Trinajstić information content (AvgIpc) is 2.64. The predicted octanol–water partition coefficient (Wildman–Crippen LogP) is 3.83. The molecule has 25 heavy (non-hydrogen) atoms. The van der Waals surface area contributed by atoms with E-state index < -0.39 is 0 Å². The number of nitrogens with zero attached hydrogens (tertiary/aromatic N) is 1. The van der Waals surface area contributed by atoms with Crippen LogP contribution in [0.2, 0.25) is 5.02 Å². The van der Waals surface area contributed by atoms with Crippen molar-refractivity contribution in [2.24, 2.45) is 0 Å². The highest BCUT2D eigenvalue weighted by Crippen LogP contribution is 2.29. The van der Waals surface area contributed by atoms with Crippen LogP contribution in [-0.2, 0) is 4.74 Å². The van der Waals surface area contributed by atoms with Crippen molar-refractivity contribution in [3.05, 3.63) is 47.5 Å². The van der Waals surface area contributed by atoms with Gasteiger partial charge in [-0.25, -0.2) is 4.79 Å². The van der Waals surface area contributed by atoms with Gasteiger partial charge in [0.05, 0.1) is 42.4 Å². The summed E-state index contributed by atoms with van der Waals surface area (Å²) in [7, 11) is 1.56. The van der Waals surface area contributed by atoms with Crippen LogP contribution in [0.5, 0.6) is 5.75 Å². The highest BCUT2D eigenvalue weighted by Gasteiger charge is 2.16. The van der Waals surface area contributed by atoms with Crippen LogP contribution in [0, 0.1) is 0 Å². The van der Waals surface area contributed by atoms with Gasteiger partial charge in [0, 0.05) is 19.2 Å². The second kappa shape index (κ2) is 8.09. The summed E-state index contributed by atoms with van der Waals surface area (Å²) < 4.78 is 10.5. The van der Waals surface area contributed by atoms with Gasteiger partial charge in [-0.1, -0.05) is 23.7 Å². The van der Waals surface area contributed by atoms with Crippen LogP contribution in [0.25, 0.3) is 0 Å². The number of anilines is 3. The van der Waals surface area contributed by atoms with E-state index in [0.29, 0.717) is 29.7 Å². The number of rotatable bonds is 4. The first-order chi connectivity index (χ1) is 12.2. The Hall–Kier alpha value is -2.44. The SMILES string of the molecule is COc1ccc(Cl)c(NC(=O)Nc2ccccc2N2CCOCC2)c1. The zero-order valence-corrected chi connectivity index (χ0v) is 14.7. The fourth-order valence-electron chi connectivity index (χ4n) is 2.66. The number of amides is 2. The Labute approximate surface area is 151 Å². The molecule has 0 saturated carbocycles. The quantitative estimate of drug-likeness (QED) is 0.868. The van der Waals surface area contributed by atoms with E-state index in [-0.39, 0.29) is 6.03 Å². The molecule has 0 atom stereocenters. The molecule has 0 spiro atoms. The molecule has 2 N–H and O–H groups in total.